The van der Waals surface area contributed by atoms with Gasteiger partial charge in [-0.15, -0.1) is 0 Å². The minimum absolute atomic E-state index is 0.0601. The number of halogens is 1. The molecule has 0 saturated carbocycles. The van der Waals surface area contributed by atoms with E-state index in [1.807, 2.05) is 30.3 Å². The highest BCUT2D eigenvalue weighted by Gasteiger charge is 2.06. The predicted octanol–water partition coefficient (Wildman–Crippen LogP) is 3.47. The van der Waals surface area contributed by atoms with Crippen molar-refractivity contribution in [3.8, 4) is 11.5 Å². The smallest absolute Gasteiger partial charge is 0.154 e. The number of para-hydroxylation sites is 1. The van der Waals surface area contributed by atoms with Crippen LogP contribution in [-0.2, 0) is 4.84 Å². The maximum atomic E-state index is 8.68. The highest BCUT2D eigenvalue weighted by molar-refractivity contribution is 6.30. The predicted molar refractivity (Wildman–Crippen MR) is 74.6 cm³/mol. The van der Waals surface area contributed by atoms with Crippen LogP contribution >= 0.6 is 11.6 Å². The van der Waals surface area contributed by atoms with Crippen LogP contribution in [0.3, 0.4) is 0 Å². The van der Waals surface area contributed by atoms with Crippen LogP contribution in [0.5, 0.6) is 11.5 Å². The van der Waals surface area contributed by atoms with Gasteiger partial charge >= 0.3 is 0 Å². The molecular weight excluding hydrogens is 266 g/mol. The summed E-state index contributed by atoms with van der Waals surface area (Å²) in [5.41, 5.74) is 3.36. The van der Waals surface area contributed by atoms with Crippen molar-refractivity contribution < 1.29 is 14.7 Å². The van der Waals surface area contributed by atoms with Gasteiger partial charge in [0.15, 0.2) is 5.75 Å². The monoisotopic (exact) mass is 279 g/mol. The lowest BCUT2D eigenvalue weighted by Gasteiger charge is -2.13. The molecule has 2 N–H and O–H groups in total. The zero-order valence-electron chi connectivity index (χ0n) is 10.2. The number of aliphatic hydroxyl groups excluding tert-OH is 1. The van der Waals surface area contributed by atoms with E-state index in [1.54, 1.807) is 18.2 Å². The van der Waals surface area contributed by atoms with Gasteiger partial charge in [0.05, 0.1) is 13.2 Å². The third-order valence-corrected chi connectivity index (χ3v) is 2.53. The minimum atomic E-state index is -0.0601. The SMILES string of the molecule is OCCONc1ccc(Cl)cc1Oc1ccccc1. The number of hydrogen-bond acceptors (Lipinski definition) is 4. The van der Waals surface area contributed by atoms with Gasteiger partial charge in [-0.3, -0.25) is 10.3 Å². The van der Waals surface area contributed by atoms with Gasteiger partial charge in [-0.2, -0.15) is 0 Å². The van der Waals surface area contributed by atoms with Crippen LogP contribution < -0.4 is 10.2 Å². The van der Waals surface area contributed by atoms with Gasteiger partial charge < -0.3 is 9.84 Å². The average Bonchev–Trinajstić information content (AvgIpc) is 2.43. The molecule has 0 aliphatic rings. The number of aliphatic hydroxyl groups is 1. The van der Waals surface area contributed by atoms with Gasteiger partial charge in [-0.1, -0.05) is 29.8 Å². The van der Waals surface area contributed by atoms with E-state index >= 15 is 0 Å². The van der Waals surface area contributed by atoms with Crippen LogP contribution in [0, 0.1) is 0 Å². The first-order chi connectivity index (χ1) is 9.29. The van der Waals surface area contributed by atoms with Crippen molar-refractivity contribution in [3.05, 3.63) is 53.6 Å². The number of hydrogen-bond donors (Lipinski definition) is 2. The molecule has 5 heteroatoms. The summed E-state index contributed by atoms with van der Waals surface area (Å²) in [4.78, 5) is 5.06. The van der Waals surface area contributed by atoms with E-state index in [0.29, 0.717) is 22.2 Å². The molecule has 0 amide bonds. The molecule has 2 aromatic rings. The Balaban J connectivity index is 2.15. The number of benzene rings is 2. The number of ether oxygens (including phenoxy) is 1. The molecule has 2 aromatic carbocycles. The second-order valence-electron chi connectivity index (χ2n) is 3.73. The largest absolute Gasteiger partial charge is 0.455 e. The summed E-state index contributed by atoms with van der Waals surface area (Å²) in [5.74, 6) is 1.26. The molecule has 0 radical (unpaired) electrons. The Morgan fingerprint density at radius 3 is 2.63 bits per heavy atom. The molecular formula is C14H14ClNO3. The summed E-state index contributed by atoms with van der Waals surface area (Å²) in [5, 5.41) is 9.24. The molecule has 0 heterocycles. The fourth-order valence-electron chi connectivity index (χ4n) is 1.45. The lowest BCUT2D eigenvalue weighted by atomic mass is 10.3. The number of nitrogens with one attached hydrogen (secondary N) is 1. The van der Waals surface area contributed by atoms with E-state index in [2.05, 4.69) is 5.48 Å². The molecule has 0 aliphatic carbocycles. The van der Waals surface area contributed by atoms with Crippen LogP contribution in [0.25, 0.3) is 0 Å². The van der Waals surface area contributed by atoms with E-state index in [9.17, 15) is 0 Å². The first kappa shape index (κ1) is 13.7. The van der Waals surface area contributed by atoms with Gasteiger partial charge in [0.25, 0.3) is 0 Å². The van der Waals surface area contributed by atoms with Crippen molar-refractivity contribution in [3.63, 3.8) is 0 Å². The van der Waals surface area contributed by atoms with Crippen molar-refractivity contribution in [2.75, 3.05) is 18.7 Å². The van der Waals surface area contributed by atoms with E-state index in [0.717, 1.165) is 0 Å². The Bertz CT molecular complexity index is 519. The minimum Gasteiger partial charge on any atom is -0.455 e. The first-order valence-corrected chi connectivity index (χ1v) is 6.18. The van der Waals surface area contributed by atoms with Gasteiger partial charge in [-0.05, 0) is 24.3 Å². The van der Waals surface area contributed by atoms with Gasteiger partial charge in [0, 0.05) is 11.1 Å². The second kappa shape index (κ2) is 6.99. The standard InChI is InChI=1S/C14H14ClNO3/c15-11-6-7-13(16-18-9-8-17)14(10-11)19-12-4-2-1-3-5-12/h1-7,10,16-17H,8-9H2. The molecule has 0 aromatic heterocycles. The van der Waals surface area contributed by atoms with Crippen LogP contribution in [0.4, 0.5) is 5.69 Å². The van der Waals surface area contributed by atoms with E-state index in [1.165, 1.54) is 0 Å². The highest BCUT2D eigenvalue weighted by atomic mass is 35.5. The fraction of sp³-hybridized carbons (Fsp3) is 0.143. The summed E-state index contributed by atoms with van der Waals surface area (Å²) in [6.45, 7) is 0.128. The van der Waals surface area contributed by atoms with Gasteiger partial charge in [0.1, 0.15) is 11.4 Å². The molecule has 19 heavy (non-hydrogen) atoms. The zero-order chi connectivity index (χ0) is 13.5. The summed E-state index contributed by atoms with van der Waals surface area (Å²) < 4.78 is 5.73. The Morgan fingerprint density at radius 1 is 1.11 bits per heavy atom. The molecule has 0 bridgehead atoms. The summed E-state index contributed by atoms with van der Waals surface area (Å²) >= 11 is 5.96. The number of rotatable bonds is 6. The molecule has 0 unspecified atom stereocenters. The first-order valence-electron chi connectivity index (χ1n) is 5.80. The normalized spacial score (nSPS) is 10.2. The fourth-order valence-corrected chi connectivity index (χ4v) is 1.62. The quantitative estimate of drug-likeness (QED) is 0.628. The molecule has 0 atom stereocenters. The average molecular weight is 280 g/mol. The van der Waals surface area contributed by atoms with Crippen LogP contribution in [0.1, 0.15) is 0 Å². The van der Waals surface area contributed by atoms with Crippen molar-refractivity contribution in [1.82, 2.24) is 0 Å². The Hall–Kier alpha value is -1.75. The van der Waals surface area contributed by atoms with E-state index in [4.69, 9.17) is 26.3 Å². The topological polar surface area (TPSA) is 50.7 Å². The van der Waals surface area contributed by atoms with Gasteiger partial charge in [-0.25, -0.2) is 0 Å². The van der Waals surface area contributed by atoms with Gasteiger partial charge in [0.2, 0.25) is 0 Å². The molecule has 0 fully saturated rings. The van der Waals surface area contributed by atoms with Crippen molar-refractivity contribution in [1.29, 1.82) is 0 Å². The lowest BCUT2D eigenvalue weighted by molar-refractivity contribution is 0.132. The van der Waals surface area contributed by atoms with Crippen LogP contribution in [-0.4, -0.2) is 18.3 Å². The zero-order valence-corrected chi connectivity index (χ0v) is 10.9. The maximum absolute atomic E-state index is 8.68. The Morgan fingerprint density at radius 2 is 1.89 bits per heavy atom. The van der Waals surface area contributed by atoms with Crippen molar-refractivity contribution in [2.24, 2.45) is 0 Å². The molecule has 100 valence electrons. The summed E-state index contributed by atoms with van der Waals surface area (Å²) in [6.07, 6.45) is 0. The van der Waals surface area contributed by atoms with Crippen LogP contribution in [0.2, 0.25) is 5.02 Å². The third kappa shape index (κ3) is 4.13. The Kier molecular flexibility index (Phi) is 5.03. The summed E-state index contributed by atoms with van der Waals surface area (Å²) in [7, 11) is 0. The van der Waals surface area contributed by atoms with Crippen molar-refractivity contribution in [2.45, 2.75) is 0 Å². The van der Waals surface area contributed by atoms with Crippen molar-refractivity contribution >= 4 is 17.3 Å². The molecule has 2 rings (SSSR count). The Labute approximate surface area is 116 Å². The third-order valence-electron chi connectivity index (χ3n) is 2.29. The molecule has 0 saturated heterocycles. The van der Waals surface area contributed by atoms with E-state index < -0.39 is 0 Å². The molecule has 0 aliphatic heterocycles. The van der Waals surface area contributed by atoms with E-state index in [-0.39, 0.29) is 13.2 Å². The van der Waals surface area contributed by atoms with Crippen LogP contribution in [0.15, 0.2) is 48.5 Å². The lowest BCUT2D eigenvalue weighted by Crippen LogP contribution is -2.06. The maximum Gasteiger partial charge on any atom is 0.154 e. The molecule has 0 spiro atoms. The number of anilines is 1. The second-order valence-corrected chi connectivity index (χ2v) is 4.17. The molecule has 4 nitrogen and oxygen atoms in total. The highest BCUT2D eigenvalue weighted by Crippen LogP contribution is 2.32. The summed E-state index contributed by atoms with van der Waals surface area (Å²) in [6, 6.07) is 14.5.